The smallest absolute Gasteiger partial charge is 0.227 e. The Bertz CT molecular complexity index is 765. The number of nitrogens with zero attached hydrogens (tertiary/aromatic N) is 2. The van der Waals surface area contributed by atoms with E-state index in [0.717, 1.165) is 20.8 Å². The molecular weight excluding hydrogens is 310 g/mol. The Morgan fingerprint density at radius 2 is 2.25 bits per heavy atom. The average Bonchev–Trinajstić information content (AvgIpc) is 3.03. The van der Waals surface area contributed by atoms with E-state index < -0.39 is 0 Å². The lowest BCUT2D eigenvalue weighted by atomic mass is 10.2. The molecule has 0 aliphatic heterocycles. The Labute approximate surface area is 128 Å². The molecule has 0 saturated heterocycles. The lowest BCUT2D eigenvalue weighted by molar-refractivity contribution is -0.115. The highest BCUT2D eigenvalue weighted by Crippen LogP contribution is 2.39. The van der Waals surface area contributed by atoms with Gasteiger partial charge in [0.05, 0.1) is 11.1 Å². The zero-order valence-corrected chi connectivity index (χ0v) is 13.1. The van der Waals surface area contributed by atoms with Crippen molar-refractivity contribution in [2.75, 3.05) is 5.75 Å². The molecule has 0 bridgehead atoms. The first-order valence-electron chi connectivity index (χ1n) is 5.86. The van der Waals surface area contributed by atoms with Gasteiger partial charge in [0.25, 0.3) is 0 Å². The van der Waals surface area contributed by atoms with Crippen LogP contribution in [0.1, 0.15) is 5.82 Å². The van der Waals surface area contributed by atoms with Gasteiger partial charge in [-0.15, -0.1) is 22.7 Å². The quantitative estimate of drug-likeness (QED) is 0.591. The summed E-state index contributed by atoms with van der Waals surface area (Å²) in [6.07, 6.45) is 0. The minimum absolute atomic E-state index is 0.227. The molecule has 1 amide bonds. The Kier molecular flexibility index (Phi) is 3.73. The number of nitrogens with two attached hydrogens (primary N) is 1. The second-order valence-electron chi connectivity index (χ2n) is 4.14. The molecule has 7 heteroatoms. The molecule has 0 radical (unpaired) electrons. The molecular formula is C13H11N3OS3. The lowest BCUT2D eigenvalue weighted by Crippen LogP contribution is -2.13. The largest absolute Gasteiger partial charge is 0.369 e. The molecule has 3 aromatic rings. The van der Waals surface area contributed by atoms with Gasteiger partial charge in [0.15, 0.2) is 0 Å². The van der Waals surface area contributed by atoms with Gasteiger partial charge in [-0.1, -0.05) is 17.8 Å². The topological polar surface area (TPSA) is 68.9 Å². The van der Waals surface area contributed by atoms with Crippen molar-refractivity contribution in [1.82, 2.24) is 9.97 Å². The van der Waals surface area contributed by atoms with Gasteiger partial charge < -0.3 is 5.73 Å². The predicted molar refractivity (Wildman–Crippen MR) is 85.4 cm³/mol. The fourth-order valence-corrected chi connectivity index (χ4v) is 4.57. The van der Waals surface area contributed by atoms with Gasteiger partial charge in [0, 0.05) is 15.8 Å². The van der Waals surface area contributed by atoms with Crippen LogP contribution in [0.4, 0.5) is 0 Å². The fraction of sp³-hybridized carbons (Fsp3) is 0.154. The van der Waals surface area contributed by atoms with Crippen LogP contribution < -0.4 is 5.73 Å². The van der Waals surface area contributed by atoms with Crippen LogP contribution in [0, 0.1) is 6.92 Å². The van der Waals surface area contributed by atoms with E-state index in [-0.39, 0.29) is 11.7 Å². The number of hydrogen-bond donors (Lipinski definition) is 1. The number of aryl methyl sites for hydroxylation is 1. The predicted octanol–water partition coefficient (Wildman–Crippen LogP) is 3.31. The van der Waals surface area contributed by atoms with Gasteiger partial charge in [-0.25, -0.2) is 9.97 Å². The number of thiophene rings is 2. The average molecular weight is 321 g/mol. The van der Waals surface area contributed by atoms with Gasteiger partial charge in [-0.05, 0) is 18.4 Å². The van der Waals surface area contributed by atoms with Crippen molar-refractivity contribution in [3.8, 4) is 10.4 Å². The number of carbonyl (C=O) groups excluding carboxylic acids is 1. The Morgan fingerprint density at radius 1 is 1.40 bits per heavy atom. The number of amides is 1. The molecule has 0 aromatic carbocycles. The summed E-state index contributed by atoms with van der Waals surface area (Å²) >= 11 is 4.66. The second kappa shape index (κ2) is 5.51. The zero-order chi connectivity index (χ0) is 14.1. The monoisotopic (exact) mass is 321 g/mol. The highest BCUT2D eigenvalue weighted by atomic mass is 32.2. The minimum atomic E-state index is -0.340. The van der Waals surface area contributed by atoms with Gasteiger partial charge in [-0.3, -0.25) is 4.79 Å². The number of hydrogen-bond acceptors (Lipinski definition) is 6. The number of aromatic nitrogens is 2. The van der Waals surface area contributed by atoms with E-state index in [0.29, 0.717) is 5.82 Å². The van der Waals surface area contributed by atoms with Gasteiger partial charge >= 0.3 is 0 Å². The molecule has 102 valence electrons. The van der Waals surface area contributed by atoms with E-state index in [2.05, 4.69) is 21.4 Å². The van der Waals surface area contributed by atoms with Crippen LogP contribution in [0.25, 0.3) is 20.7 Å². The molecule has 20 heavy (non-hydrogen) atoms. The van der Waals surface area contributed by atoms with Crippen molar-refractivity contribution < 1.29 is 4.79 Å². The maximum absolute atomic E-state index is 11.0. The summed E-state index contributed by atoms with van der Waals surface area (Å²) < 4.78 is 0. The molecule has 0 aliphatic rings. The van der Waals surface area contributed by atoms with E-state index in [1.165, 1.54) is 16.6 Å². The van der Waals surface area contributed by atoms with E-state index in [1.54, 1.807) is 22.7 Å². The van der Waals surface area contributed by atoms with Crippen molar-refractivity contribution >= 4 is 50.6 Å². The molecule has 0 aliphatic carbocycles. The number of carbonyl (C=O) groups is 1. The van der Waals surface area contributed by atoms with Crippen LogP contribution >= 0.6 is 34.4 Å². The summed E-state index contributed by atoms with van der Waals surface area (Å²) in [5.41, 5.74) is 6.36. The zero-order valence-electron chi connectivity index (χ0n) is 10.6. The van der Waals surface area contributed by atoms with E-state index in [1.807, 2.05) is 18.4 Å². The maximum atomic E-state index is 11.0. The van der Waals surface area contributed by atoms with Crippen LogP contribution in [0.15, 0.2) is 27.9 Å². The maximum Gasteiger partial charge on any atom is 0.227 e. The summed E-state index contributed by atoms with van der Waals surface area (Å²) in [6, 6.07) is 4.10. The van der Waals surface area contributed by atoms with E-state index in [9.17, 15) is 4.79 Å². The summed E-state index contributed by atoms with van der Waals surface area (Å²) in [6.45, 7) is 1.86. The van der Waals surface area contributed by atoms with Crippen LogP contribution in [-0.2, 0) is 4.79 Å². The normalized spacial score (nSPS) is 11.1. The van der Waals surface area contributed by atoms with Crippen molar-refractivity contribution in [2.24, 2.45) is 5.73 Å². The fourth-order valence-electron chi connectivity index (χ4n) is 1.87. The Balaban J connectivity index is 2.16. The molecule has 0 spiro atoms. The molecule has 0 saturated carbocycles. The lowest BCUT2D eigenvalue weighted by Gasteiger charge is -2.04. The summed E-state index contributed by atoms with van der Waals surface area (Å²) in [5, 5.41) is 5.99. The van der Waals surface area contributed by atoms with Crippen molar-refractivity contribution in [3.05, 3.63) is 28.7 Å². The van der Waals surface area contributed by atoms with Gasteiger partial charge in [-0.2, -0.15) is 0 Å². The molecule has 3 heterocycles. The second-order valence-corrected chi connectivity index (χ2v) is 6.91. The van der Waals surface area contributed by atoms with Crippen molar-refractivity contribution in [3.63, 3.8) is 0 Å². The summed E-state index contributed by atoms with van der Waals surface area (Å²) in [7, 11) is 0. The van der Waals surface area contributed by atoms with Gasteiger partial charge in [0.2, 0.25) is 5.91 Å². The van der Waals surface area contributed by atoms with E-state index in [4.69, 9.17) is 5.73 Å². The first-order chi connectivity index (χ1) is 9.65. The first kappa shape index (κ1) is 13.5. The first-order valence-corrected chi connectivity index (χ1v) is 8.60. The molecule has 3 aromatic heterocycles. The number of fused-ring (bicyclic) bond motifs is 1. The van der Waals surface area contributed by atoms with Crippen molar-refractivity contribution in [1.29, 1.82) is 0 Å². The summed E-state index contributed by atoms with van der Waals surface area (Å²) in [4.78, 5) is 22.1. The molecule has 0 atom stereocenters. The summed E-state index contributed by atoms with van der Waals surface area (Å²) in [5.74, 6) is 0.599. The molecule has 2 N–H and O–H groups in total. The van der Waals surface area contributed by atoms with Crippen LogP contribution in [-0.4, -0.2) is 21.6 Å². The van der Waals surface area contributed by atoms with Crippen LogP contribution in [0.3, 0.4) is 0 Å². The number of thioether (sulfide) groups is 1. The third-order valence-corrected chi connectivity index (χ3v) is 5.42. The van der Waals surface area contributed by atoms with Crippen LogP contribution in [0.5, 0.6) is 0 Å². The standard InChI is InChI=1S/C13H11N3OS3/c1-7-15-12-11(13(16-7)20-6-10(14)17)8(5-19-12)9-3-2-4-18-9/h2-5H,6H2,1H3,(H2,14,17). The Morgan fingerprint density at radius 3 is 2.95 bits per heavy atom. The van der Waals surface area contributed by atoms with Gasteiger partial charge in [0.1, 0.15) is 15.7 Å². The Hall–Kier alpha value is -1.44. The molecule has 0 unspecified atom stereocenters. The number of primary amides is 1. The SMILES string of the molecule is Cc1nc(SCC(N)=O)c2c(-c3cccs3)csc2n1. The van der Waals surface area contributed by atoms with Crippen molar-refractivity contribution in [2.45, 2.75) is 11.9 Å². The highest BCUT2D eigenvalue weighted by molar-refractivity contribution is 8.00. The third kappa shape index (κ3) is 2.56. The van der Waals surface area contributed by atoms with Crippen LogP contribution in [0.2, 0.25) is 0 Å². The number of rotatable bonds is 4. The highest BCUT2D eigenvalue weighted by Gasteiger charge is 2.15. The minimum Gasteiger partial charge on any atom is -0.369 e. The molecule has 0 fully saturated rings. The third-order valence-electron chi connectivity index (χ3n) is 2.65. The van der Waals surface area contributed by atoms with E-state index >= 15 is 0 Å². The molecule has 4 nitrogen and oxygen atoms in total. The molecule has 3 rings (SSSR count).